The summed E-state index contributed by atoms with van der Waals surface area (Å²) < 4.78 is 5.74. The molecule has 2 aromatic heterocycles. The molecule has 1 amide bonds. The number of hydrogen-bond acceptors (Lipinski definition) is 6. The van der Waals surface area contributed by atoms with E-state index in [1.165, 1.54) is 11.3 Å². The Morgan fingerprint density at radius 1 is 1.25 bits per heavy atom. The number of H-pyrrole nitrogens is 1. The van der Waals surface area contributed by atoms with Crippen molar-refractivity contribution in [1.82, 2.24) is 15.6 Å². The monoisotopic (exact) mass is 454 g/mol. The number of ether oxygens (including phenoxy) is 1. The lowest BCUT2D eigenvalue weighted by Crippen LogP contribution is -2.44. The van der Waals surface area contributed by atoms with Gasteiger partial charge in [-0.05, 0) is 43.4 Å². The van der Waals surface area contributed by atoms with Gasteiger partial charge < -0.3 is 30.8 Å². The summed E-state index contributed by atoms with van der Waals surface area (Å²) in [6, 6.07) is 9.55. The van der Waals surface area contributed by atoms with E-state index in [2.05, 4.69) is 20.9 Å². The van der Waals surface area contributed by atoms with Gasteiger partial charge in [0.2, 0.25) is 0 Å². The summed E-state index contributed by atoms with van der Waals surface area (Å²) in [5.74, 6) is -1.10. The van der Waals surface area contributed by atoms with Crippen molar-refractivity contribution in [2.24, 2.45) is 0 Å². The Kier molecular flexibility index (Phi) is 5.86. The number of aromatic carboxylic acids is 1. The standard InChI is InChI=1S/C23H26N4O4S/c28-21(17-9-13-5-1-2-6-16(13)26-17)25-11-14-10-15-18(12-24-14)32-22(20(15)23(29)30)27-19-7-3-4-8-31-19/h1-2,5-6,9,14,19,24,26-27H,3-4,7-8,10-12H2,(H,25,28)(H,29,30)/t14-,19?/m0/s1. The molecular weight excluding hydrogens is 428 g/mol. The van der Waals surface area contributed by atoms with Gasteiger partial charge in [0.25, 0.3) is 5.91 Å². The van der Waals surface area contributed by atoms with Gasteiger partial charge in [-0.2, -0.15) is 0 Å². The number of carboxylic acids is 1. The fourth-order valence-corrected chi connectivity index (χ4v) is 5.62. The fraction of sp³-hybridized carbons (Fsp3) is 0.391. The molecule has 0 saturated carbocycles. The molecule has 3 aromatic rings. The number of aromatic amines is 1. The molecule has 2 aliphatic rings. The zero-order valence-electron chi connectivity index (χ0n) is 17.6. The molecule has 1 fully saturated rings. The summed E-state index contributed by atoms with van der Waals surface area (Å²) in [4.78, 5) is 28.9. The quantitative estimate of drug-likeness (QED) is 0.390. The highest BCUT2D eigenvalue weighted by atomic mass is 32.1. The van der Waals surface area contributed by atoms with Crippen LogP contribution in [0.3, 0.4) is 0 Å². The number of nitrogens with one attached hydrogen (secondary N) is 4. The number of hydrogen-bond donors (Lipinski definition) is 5. The molecule has 8 nitrogen and oxygen atoms in total. The van der Waals surface area contributed by atoms with Crippen molar-refractivity contribution in [3.63, 3.8) is 0 Å². The number of anilines is 1. The van der Waals surface area contributed by atoms with Crippen molar-refractivity contribution >= 4 is 39.1 Å². The van der Waals surface area contributed by atoms with E-state index in [0.29, 0.717) is 42.4 Å². The van der Waals surface area contributed by atoms with Crippen LogP contribution >= 0.6 is 11.3 Å². The van der Waals surface area contributed by atoms with E-state index in [1.807, 2.05) is 30.3 Å². The van der Waals surface area contributed by atoms with Crippen LogP contribution in [0.1, 0.15) is 50.5 Å². The van der Waals surface area contributed by atoms with Crippen molar-refractivity contribution in [3.05, 3.63) is 52.0 Å². The molecule has 0 bridgehead atoms. The van der Waals surface area contributed by atoms with Crippen LogP contribution < -0.4 is 16.0 Å². The zero-order valence-corrected chi connectivity index (χ0v) is 18.4. The predicted molar refractivity (Wildman–Crippen MR) is 123 cm³/mol. The third-order valence-electron chi connectivity index (χ3n) is 6.06. The Morgan fingerprint density at radius 3 is 2.91 bits per heavy atom. The molecular formula is C23H26N4O4S. The Bertz CT molecular complexity index is 1120. The molecule has 4 heterocycles. The molecule has 9 heteroatoms. The van der Waals surface area contributed by atoms with Crippen LogP contribution in [0, 0.1) is 0 Å². The summed E-state index contributed by atoms with van der Waals surface area (Å²) in [5.41, 5.74) is 2.63. The molecule has 32 heavy (non-hydrogen) atoms. The summed E-state index contributed by atoms with van der Waals surface area (Å²) >= 11 is 1.48. The predicted octanol–water partition coefficient (Wildman–Crippen LogP) is 3.31. The smallest absolute Gasteiger partial charge is 0.338 e. The Balaban J connectivity index is 1.26. The lowest BCUT2D eigenvalue weighted by molar-refractivity contribution is 0.0344. The van der Waals surface area contributed by atoms with Crippen LogP contribution in [0.2, 0.25) is 0 Å². The van der Waals surface area contributed by atoms with Gasteiger partial charge in [-0.15, -0.1) is 11.3 Å². The second-order valence-corrected chi connectivity index (χ2v) is 9.38. The van der Waals surface area contributed by atoms with Crippen molar-refractivity contribution < 1.29 is 19.4 Å². The van der Waals surface area contributed by atoms with Gasteiger partial charge in [0.15, 0.2) is 0 Å². The highest BCUT2D eigenvalue weighted by molar-refractivity contribution is 7.16. The van der Waals surface area contributed by atoms with E-state index in [1.54, 1.807) is 0 Å². The minimum Gasteiger partial charge on any atom is -0.478 e. The summed E-state index contributed by atoms with van der Waals surface area (Å²) in [6.07, 6.45) is 3.41. The van der Waals surface area contributed by atoms with Gasteiger partial charge in [0, 0.05) is 41.5 Å². The number of carbonyl (C=O) groups excluding carboxylic acids is 1. The summed E-state index contributed by atoms with van der Waals surface area (Å²) in [6.45, 7) is 1.70. The normalized spacial score (nSPS) is 20.6. The van der Waals surface area contributed by atoms with E-state index in [4.69, 9.17) is 4.74 Å². The number of amides is 1. The van der Waals surface area contributed by atoms with Gasteiger partial charge in [-0.3, -0.25) is 4.79 Å². The first-order chi connectivity index (χ1) is 15.6. The SMILES string of the molecule is O=C(NC[C@@H]1Cc2c(sc(NC3CCCCO3)c2C(=O)O)CN1)c1cc2ccccc2[nH]1. The Labute approximate surface area is 189 Å². The lowest BCUT2D eigenvalue weighted by atomic mass is 9.98. The molecule has 2 aliphatic heterocycles. The van der Waals surface area contributed by atoms with E-state index in [0.717, 1.165) is 40.6 Å². The number of para-hydroxylation sites is 1. The maximum atomic E-state index is 12.6. The molecule has 5 rings (SSSR count). The zero-order chi connectivity index (χ0) is 22.1. The maximum absolute atomic E-state index is 12.6. The van der Waals surface area contributed by atoms with Gasteiger partial charge in [-0.1, -0.05) is 18.2 Å². The van der Waals surface area contributed by atoms with Crippen LogP contribution in [0.5, 0.6) is 0 Å². The van der Waals surface area contributed by atoms with E-state index in [-0.39, 0.29) is 18.2 Å². The van der Waals surface area contributed by atoms with Gasteiger partial charge >= 0.3 is 5.97 Å². The molecule has 0 spiro atoms. The van der Waals surface area contributed by atoms with E-state index in [9.17, 15) is 14.7 Å². The fourth-order valence-electron chi connectivity index (χ4n) is 4.41. The van der Waals surface area contributed by atoms with Gasteiger partial charge in [0.1, 0.15) is 16.9 Å². The van der Waals surface area contributed by atoms with E-state index >= 15 is 0 Å². The molecule has 1 aromatic carbocycles. The third kappa shape index (κ3) is 4.23. The topological polar surface area (TPSA) is 115 Å². The van der Waals surface area contributed by atoms with Crippen LogP contribution in [-0.2, 0) is 17.7 Å². The Hall–Kier alpha value is -2.88. The molecule has 5 N–H and O–H groups in total. The third-order valence-corrected chi connectivity index (χ3v) is 7.22. The number of aromatic nitrogens is 1. The molecule has 2 atom stereocenters. The van der Waals surface area contributed by atoms with E-state index < -0.39 is 5.97 Å². The average molecular weight is 455 g/mol. The first-order valence-electron chi connectivity index (χ1n) is 10.9. The average Bonchev–Trinajstić information content (AvgIpc) is 3.39. The molecule has 1 saturated heterocycles. The van der Waals surface area contributed by atoms with Crippen LogP contribution in [0.4, 0.5) is 5.00 Å². The van der Waals surface area contributed by atoms with Crippen LogP contribution in [0.15, 0.2) is 30.3 Å². The minimum absolute atomic E-state index is 0.0395. The van der Waals surface area contributed by atoms with Gasteiger partial charge in [0.05, 0.1) is 5.56 Å². The second kappa shape index (κ2) is 8.93. The molecule has 0 aliphatic carbocycles. The number of carbonyl (C=O) groups is 2. The van der Waals surface area contributed by atoms with Crippen molar-refractivity contribution in [1.29, 1.82) is 0 Å². The molecule has 168 valence electrons. The number of thiophene rings is 1. The van der Waals surface area contributed by atoms with Crippen molar-refractivity contribution in [2.45, 2.75) is 44.5 Å². The highest BCUT2D eigenvalue weighted by Gasteiger charge is 2.30. The number of fused-ring (bicyclic) bond motifs is 2. The van der Waals surface area contributed by atoms with Crippen molar-refractivity contribution in [3.8, 4) is 0 Å². The van der Waals surface area contributed by atoms with Crippen molar-refractivity contribution in [2.75, 3.05) is 18.5 Å². The largest absolute Gasteiger partial charge is 0.478 e. The Morgan fingerprint density at radius 2 is 2.12 bits per heavy atom. The number of carboxylic acid groups (broad SMARTS) is 1. The maximum Gasteiger partial charge on any atom is 0.338 e. The summed E-state index contributed by atoms with van der Waals surface area (Å²) in [5, 5.41) is 21.2. The lowest BCUT2D eigenvalue weighted by Gasteiger charge is -2.25. The minimum atomic E-state index is -0.927. The van der Waals surface area contributed by atoms with Crippen LogP contribution in [0.25, 0.3) is 10.9 Å². The van der Waals surface area contributed by atoms with Crippen LogP contribution in [-0.4, -0.2) is 47.4 Å². The molecule has 1 unspecified atom stereocenters. The molecule has 0 radical (unpaired) electrons. The number of benzene rings is 1. The van der Waals surface area contributed by atoms with Gasteiger partial charge in [-0.25, -0.2) is 4.79 Å². The second-order valence-electron chi connectivity index (χ2n) is 8.27. The first kappa shape index (κ1) is 21.0. The highest BCUT2D eigenvalue weighted by Crippen LogP contribution is 2.37. The summed E-state index contributed by atoms with van der Waals surface area (Å²) in [7, 11) is 0. The first-order valence-corrected chi connectivity index (χ1v) is 11.8. The number of rotatable bonds is 6.